The molecule has 0 fully saturated rings. The van der Waals surface area contributed by atoms with E-state index < -0.39 is 0 Å². The highest BCUT2D eigenvalue weighted by atomic mass is 32.1. The third-order valence-electron chi connectivity index (χ3n) is 4.90. The maximum absolute atomic E-state index is 10.1. The molecule has 172 valence electrons. The molecule has 0 radical (unpaired) electrons. The third kappa shape index (κ3) is 4.29. The van der Waals surface area contributed by atoms with Gasteiger partial charge in [0.2, 0.25) is 5.75 Å². The molecule has 2 aromatic carbocycles. The highest BCUT2D eigenvalue weighted by Crippen LogP contribution is 2.43. The average molecular weight is 476 g/mol. The quantitative estimate of drug-likeness (QED) is 0.275. The van der Waals surface area contributed by atoms with Crippen LogP contribution in [0.15, 0.2) is 47.8 Å². The molecule has 10 heteroatoms. The van der Waals surface area contributed by atoms with Crippen molar-refractivity contribution in [1.82, 2.24) is 9.97 Å². The van der Waals surface area contributed by atoms with Crippen molar-refractivity contribution in [2.75, 3.05) is 26.3 Å². The Morgan fingerprint density at radius 1 is 1.15 bits per heavy atom. The minimum absolute atomic E-state index is 0.0879. The van der Waals surface area contributed by atoms with Gasteiger partial charge in [-0.15, -0.1) is 11.3 Å². The number of nitriles is 1. The molecule has 34 heavy (non-hydrogen) atoms. The highest BCUT2D eigenvalue weighted by molar-refractivity contribution is 7.23. The molecule has 0 amide bonds. The number of fused-ring (bicyclic) bond motifs is 1. The summed E-state index contributed by atoms with van der Waals surface area (Å²) in [6.45, 7) is 2.43. The smallest absolute Gasteiger partial charge is 0.200 e. The summed E-state index contributed by atoms with van der Waals surface area (Å²) in [5, 5.41) is 24.2. The van der Waals surface area contributed by atoms with Crippen LogP contribution in [-0.2, 0) is 0 Å². The first-order valence-corrected chi connectivity index (χ1v) is 11.1. The molecule has 0 aliphatic rings. The largest absolute Gasteiger partial charge is 0.502 e. The van der Waals surface area contributed by atoms with E-state index in [9.17, 15) is 10.4 Å². The Balaban J connectivity index is 1.71. The minimum atomic E-state index is -0.0879. The second-order valence-electron chi connectivity index (χ2n) is 6.89. The molecular weight excluding hydrogens is 454 g/mol. The fraction of sp³-hybridized carbons (Fsp3) is 0.167. The lowest BCUT2D eigenvalue weighted by molar-refractivity contribution is 0.340. The normalized spacial score (nSPS) is 10.9. The number of para-hydroxylation sites is 1. The van der Waals surface area contributed by atoms with Crippen molar-refractivity contribution in [3.05, 3.63) is 53.9 Å². The number of aromatic hydroxyl groups is 1. The predicted molar refractivity (Wildman–Crippen MR) is 131 cm³/mol. The molecule has 9 nitrogen and oxygen atoms in total. The topological polar surface area (TPSA) is 122 Å². The number of hydrogen-bond donors (Lipinski definition) is 2. The minimum Gasteiger partial charge on any atom is -0.502 e. The fourth-order valence-electron chi connectivity index (χ4n) is 3.37. The lowest BCUT2D eigenvalue weighted by Gasteiger charge is -2.09. The first-order chi connectivity index (χ1) is 16.6. The fourth-order valence-corrected chi connectivity index (χ4v) is 4.55. The average Bonchev–Trinajstić information content (AvgIpc) is 3.24. The SMILES string of the molecule is CCOc1ccccc1-c1sc2c(NN=Cc3cc(OC)c(O)c(OC)c3)ncnc2c1C#N. The Labute approximate surface area is 199 Å². The first-order valence-electron chi connectivity index (χ1n) is 10.2. The standard InChI is InChI=1S/C24H21N5O4S/c1-4-33-17-8-6-5-7-15(17)22-16(11-25)20-23(34-22)24(27-13-26-20)29-28-12-14-9-18(31-2)21(30)19(10-14)32-3/h5-10,12-13,30H,4H2,1-3H3,(H,26,27,29). The number of methoxy groups -OCH3 is 2. The number of ether oxygens (including phenoxy) is 3. The first kappa shape index (κ1) is 22.8. The van der Waals surface area contributed by atoms with E-state index in [1.54, 1.807) is 18.3 Å². The van der Waals surface area contributed by atoms with E-state index in [2.05, 4.69) is 26.6 Å². The number of thiophene rings is 1. The van der Waals surface area contributed by atoms with Gasteiger partial charge in [0, 0.05) is 11.1 Å². The molecule has 0 spiro atoms. The number of phenolic OH excluding ortho intramolecular Hbond substituents is 1. The van der Waals surface area contributed by atoms with E-state index >= 15 is 0 Å². The summed E-state index contributed by atoms with van der Waals surface area (Å²) < 4.78 is 16.8. The van der Waals surface area contributed by atoms with E-state index in [4.69, 9.17) is 14.2 Å². The van der Waals surface area contributed by atoms with E-state index in [0.717, 1.165) is 10.4 Å². The van der Waals surface area contributed by atoms with Crippen molar-refractivity contribution in [2.45, 2.75) is 6.92 Å². The van der Waals surface area contributed by atoms with Crippen molar-refractivity contribution >= 4 is 33.6 Å². The summed E-state index contributed by atoms with van der Waals surface area (Å²) in [5.41, 5.74) is 5.37. The van der Waals surface area contributed by atoms with Gasteiger partial charge in [0.25, 0.3) is 0 Å². The van der Waals surface area contributed by atoms with Crippen molar-refractivity contribution in [3.8, 4) is 39.5 Å². The van der Waals surface area contributed by atoms with Gasteiger partial charge >= 0.3 is 0 Å². The zero-order chi connectivity index (χ0) is 24.1. The molecule has 0 unspecified atom stereocenters. The number of phenols is 1. The van der Waals surface area contributed by atoms with E-state index in [0.29, 0.717) is 39.5 Å². The van der Waals surface area contributed by atoms with Crippen LogP contribution in [0.3, 0.4) is 0 Å². The molecule has 0 saturated carbocycles. The molecule has 4 rings (SSSR count). The van der Waals surface area contributed by atoms with Crippen LogP contribution in [0.25, 0.3) is 20.7 Å². The van der Waals surface area contributed by atoms with Gasteiger partial charge < -0.3 is 19.3 Å². The number of hydrazone groups is 1. The molecule has 0 aliphatic carbocycles. The van der Waals surface area contributed by atoms with Gasteiger partial charge in [-0.05, 0) is 31.2 Å². The van der Waals surface area contributed by atoms with Gasteiger partial charge in [-0.3, -0.25) is 5.43 Å². The molecule has 0 saturated heterocycles. The summed E-state index contributed by atoms with van der Waals surface area (Å²) in [6.07, 6.45) is 2.93. The summed E-state index contributed by atoms with van der Waals surface area (Å²) in [7, 11) is 2.91. The lowest BCUT2D eigenvalue weighted by atomic mass is 10.1. The highest BCUT2D eigenvalue weighted by Gasteiger charge is 2.20. The van der Waals surface area contributed by atoms with Crippen molar-refractivity contribution in [2.24, 2.45) is 5.10 Å². The second kappa shape index (κ2) is 10.1. The van der Waals surface area contributed by atoms with Gasteiger partial charge in [0.05, 0.1) is 42.2 Å². The third-order valence-corrected chi connectivity index (χ3v) is 6.12. The van der Waals surface area contributed by atoms with Crippen molar-refractivity contribution in [3.63, 3.8) is 0 Å². The van der Waals surface area contributed by atoms with Gasteiger partial charge in [-0.25, -0.2) is 9.97 Å². The Bertz CT molecular complexity index is 1390. The van der Waals surface area contributed by atoms with Crippen molar-refractivity contribution < 1.29 is 19.3 Å². The Kier molecular flexibility index (Phi) is 6.75. The molecule has 4 aromatic rings. The monoisotopic (exact) mass is 475 g/mol. The van der Waals surface area contributed by atoms with Crippen LogP contribution < -0.4 is 19.6 Å². The summed E-state index contributed by atoms with van der Waals surface area (Å²) in [6, 6.07) is 13.1. The number of anilines is 1. The van der Waals surface area contributed by atoms with Gasteiger partial charge in [-0.1, -0.05) is 12.1 Å². The zero-order valence-electron chi connectivity index (χ0n) is 18.7. The van der Waals surface area contributed by atoms with Crippen LogP contribution in [0, 0.1) is 11.3 Å². The summed E-state index contributed by atoms with van der Waals surface area (Å²) >= 11 is 1.39. The number of nitrogens with one attached hydrogen (secondary N) is 1. The number of aromatic nitrogens is 2. The number of nitrogens with zero attached hydrogens (tertiary/aromatic N) is 4. The number of rotatable bonds is 8. The maximum atomic E-state index is 10.1. The molecule has 2 heterocycles. The Morgan fingerprint density at radius 2 is 1.88 bits per heavy atom. The van der Waals surface area contributed by atoms with Gasteiger partial charge in [0.15, 0.2) is 17.3 Å². The molecule has 0 atom stereocenters. The van der Waals surface area contributed by atoms with E-state index in [1.165, 1.54) is 31.9 Å². The van der Waals surface area contributed by atoms with E-state index in [-0.39, 0.29) is 17.2 Å². The van der Waals surface area contributed by atoms with Gasteiger partial charge in [-0.2, -0.15) is 10.4 Å². The van der Waals surface area contributed by atoms with E-state index in [1.807, 2.05) is 31.2 Å². The van der Waals surface area contributed by atoms with Gasteiger partial charge in [0.1, 0.15) is 23.7 Å². The summed E-state index contributed by atoms with van der Waals surface area (Å²) in [4.78, 5) is 9.40. The molecule has 0 aliphatic heterocycles. The molecule has 2 aromatic heterocycles. The number of hydrogen-bond acceptors (Lipinski definition) is 10. The number of benzene rings is 2. The van der Waals surface area contributed by atoms with Crippen LogP contribution in [0.5, 0.6) is 23.0 Å². The van der Waals surface area contributed by atoms with Crippen LogP contribution in [0.2, 0.25) is 0 Å². The Hall–Kier alpha value is -4.36. The van der Waals surface area contributed by atoms with Crippen LogP contribution >= 0.6 is 11.3 Å². The van der Waals surface area contributed by atoms with Crippen LogP contribution in [0.4, 0.5) is 5.82 Å². The van der Waals surface area contributed by atoms with Crippen molar-refractivity contribution in [1.29, 1.82) is 5.26 Å². The van der Waals surface area contributed by atoms with Crippen LogP contribution in [-0.4, -0.2) is 42.1 Å². The maximum Gasteiger partial charge on any atom is 0.200 e. The molecule has 2 N–H and O–H groups in total. The molecular formula is C24H21N5O4S. The molecule has 0 bridgehead atoms. The predicted octanol–water partition coefficient (Wildman–Crippen LogP) is 4.80. The van der Waals surface area contributed by atoms with Crippen LogP contribution in [0.1, 0.15) is 18.1 Å². The second-order valence-corrected chi connectivity index (χ2v) is 7.91. The lowest BCUT2D eigenvalue weighted by Crippen LogP contribution is -1.96. The zero-order valence-corrected chi connectivity index (χ0v) is 19.5. The Morgan fingerprint density at radius 3 is 2.56 bits per heavy atom. The summed E-state index contributed by atoms with van der Waals surface area (Å²) in [5.74, 6) is 1.60.